The molecule has 86 valence electrons. The first-order valence-corrected chi connectivity index (χ1v) is 6.14. The Kier molecular flexibility index (Phi) is 3.07. The third kappa shape index (κ3) is 2.30. The van der Waals surface area contributed by atoms with E-state index in [0.29, 0.717) is 11.3 Å². The van der Waals surface area contributed by atoms with Gasteiger partial charge < -0.3 is 4.79 Å². The largest absolute Gasteiger partial charge is 0.303 e. The number of hydrogen-bond donors (Lipinski definition) is 0. The third-order valence-electron chi connectivity index (χ3n) is 3.64. The van der Waals surface area contributed by atoms with E-state index >= 15 is 0 Å². The molecule has 0 spiro atoms. The van der Waals surface area contributed by atoms with Crippen LogP contribution in [0.4, 0.5) is 0 Å². The maximum absolute atomic E-state index is 10.7. The van der Waals surface area contributed by atoms with Gasteiger partial charge in [-0.2, -0.15) is 0 Å². The summed E-state index contributed by atoms with van der Waals surface area (Å²) in [6.07, 6.45) is 3.24. The molecule has 0 N–H and O–H groups in total. The van der Waals surface area contributed by atoms with Crippen LogP contribution in [0.1, 0.15) is 38.2 Å². The summed E-state index contributed by atoms with van der Waals surface area (Å²) in [4.78, 5) is 10.7. The Balaban J connectivity index is 2.04. The van der Waals surface area contributed by atoms with Gasteiger partial charge in [-0.1, -0.05) is 37.6 Å². The Morgan fingerprint density at radius 2 is 2.12 bits per heavy atom. The van der Waals surface area contributed by atoms with E-state index in [2.05, 4.69) is 19.1 Å². The molecule has 0 saturated heterocycles. The van der Waals surface area contributed by atoms with E-state index in [0.717, 1.165) is 17.7 Å². The van der Waals surface area contributed by atoms with Gasteiger partial charge in [0.25, 0.3) is 0 Å². The molecule has 3 atom stereocenters. The fraction of sp³-hybridized carbons (Fsp3) is 0.500. The SMILES string of the molecule is CC(C=O)CC1(C)CC1c1ccc(Cl)cc1. The summed E-state index contributed by atoms with van der Waals surface area (Å²) in [5.41, 5.74) is 1.67. The van der Waals surface area contributed by atoms with Gasteiger partial charge in [0.2, 0.25) is 0 Å². The second-order valence-electron chi connectivity index (χ2n) is 5.28. The molecule has 0 amide bonds. The fourth-order valence-electron chi connectivity index (χ4n) is 2.63. The smallest absolute Gasteiger partial charge is 0.122 e. The molecule has 1 aliphatic rings. The number of carbonyl (C=O) groups excluding carboxylic acids is 1. The van der Waals surface area contributed by atoms with E-state index in [4.69, 9.17) is 11.6 Å². The van der Waals surface area contributed by atoms with Crippen molar-refractivity contribution in [3.63, 3.8) is 0 Å². The summed E-state index contributed by atoms with van der Waals surface area (Å²) < 4.78 is 0. The van der Waals surface area contributed by atoms with Crippen molar-refractivity contribution in [2.24, 2.45) is 11.3 Å². The van der Waals surface area contributed by atoms with E-state index < -0.39 is 0 Å². The van der Waals surface area contributed by atoms with Gasteiger partial charge in [-0.3, -0.25) is 0 Å². The lowest BCUT2D eigenvalue weighted by Gasteiger charge is -2.13. The van der Waals surface area contributed by atoms with Gasteiger partial charge in [-0.25, -0.2) is 0 Å². The maximum Gasteiger partial charge on any atom is 0.122 e. The molecule has 0 aliphatic heterocycles. The zero-order valence-electron chi connectivity index (χ0n) is 9.74. The summed E-state index contributed by atoms with van der Waals surface area (Å²) in [5, 5.41) is 0.785. The zero-order chi connectivity index (χ0) is 11.8. The first kappa shape index (κ1) is 11.7. The molecule has 1 saturated carbocycles. The minimum Gasteiger partial charge on any atom is -0.303 e. The summed E-state index contributed by atoms with van der Waals surface area (Å²) in [7, 11) is 0. The van der Waals surface area contributed by atoms with Gasteiger partial charge >= 0.3 is 0 Å². The maximum atomic E-state index is 10.7. The van der Waals surface area contributed by atoms with Gasteiger partial charge in [0.15, 0.2) is 0 Å². The molecular weight excluding hydrogens is 220 g/mol. The molecule has 1 fully saturated rings. The van der Waals surface area contributed by atoms with Crippen molar-refractivity contribution in [2.45, 2.75) is 32.6 Å². The van der Waals surface area contributed by atoms with Gasteiger partial charge in [-0.15, -0.1) is 0 Å². The van der Waals surface area contributed by atoms with Crippen molar-refractivity contribution < 1.29 is 4.79 Å². The summed E-state index contributed by atoms with van der Waals surface area (Å²) >= 11 is 5.87. The number of carbonyl (C=O) groups is 1. The van der Waals surface area contributed by atoms with Crippen LogP contribution < -0.4 is 0 Å². The molecule has 2 heteroatoms. The summed E-state index contributed by atoms with van der Waals surface area (Å²) in [6, 6.07) is 8.09. The highest BCUT2D eigenvalue weighted by atomic mass is 35.5. The molecule has 1 aromatic carbocycles. The number of halogens is 1. The van der Waals surface area contributed by atoms with E-state index in [9.17, 15) is 4.79 Å². The Morgan fingerprint density at radius 3 is 2.69 bits per heavy atom. The van der Waals surface area contributed by atoms with Crippen LogP contribution in [-0.2, 0) is 4.79 Å². The lowest BCUT2D eigenvalue weighted by Crippen LogP contribution is -2.06. The molecule has 16 heavy (non-hydrogen) atoms. The second-order valence-corrected chi connectivity index (χ2v) is 5.72. The highest BCUT2D eigenvalue weighted by Crippen LogP contribution is 2.62. The van der Waals surface area contributed by atoms with Crippen molar-refractivity contribution in [2.75, 3.05) is 0 Å². The third-order valence-corrected chi connectivity index (χ3v) is 3.90. The Labute approximate surface area is 102 Å². The molecule has 1 aromatic rings. The Bertz CT molecular complexity index is 384. The first-order chi connectivity index (χ1) is 7.55. The van der Waals surface area contributed by atoms with Crippen LogP contribution in [0.15, 0.2) is 24.3 Å². The van der Waals surface area contributed by atoms with Crippen LogP contribution in [0.3, 0.4) is 0 Å². The van der Waals surface area contributed by atoms with Crippen LogP contribution in [0.2, 0.25) is 5.02 Å². The van der Waals surface area contributed by atoms with E-state index in [1.807, 2.05) is 19.1 Å². The fourth-order valence-corrected chi connectivity index (χ4v) is 2.76. The Morgan fingerprint density at radius 1 is 1.50 bits per heavy atom. The lowest BCUT2D eigenvalue weighted by atomic mass is 9.91. The van der Waals surface area contributed by atoms with E-state index in [-0.39, 0.29) is 5.92 Å². The van der Waals surface area contributed by atoms with E-state index in [1.54, 1.807) is 0 Å². The molecule has 1 nitrogen and oxygen atoms in total. The summed E-state index contributed by atoms with van der Waals surface area (Å²) in [5.74, 6) is 0.773. The molecule has 0 aromatic heterocycles. The Hall–Kier alpha value is -0.820. The van der Waals surface area contributed by atoms with Crippen LogP contribution in [0, 0.1) is 11.3 Å². The average Bonchev–Trinajstić information content (AvgIpc) is 2.91. The second kappa shape index (κ2) is 4.21. The monoisotopic (exact) mass is 236 g/mol. The van der Waals surface area contributed by atoms with Crippen LogP contribution >= 0.6 is 11.6 Å². The molecule has 0 heterocycles. The number of hydrogen-bond acceptors (Lipinski definition) is 1. The molecule has 1 aliphatic carbocycles. The molecule has 0 bridgehead atoms. The van der Waals surface area contributed by atoms with Crippen molar-refractivity contribution in [3.05, 3.63) is 34.9 Å². The molecule has 3 unspecified atom stereocenters. The predicted octanol–water partition coefficient (Wildman–Crippen LogP) is 4.06. The van der Waals surface area contributed by atoms with Gasteiger partial charge in [0, 0.05) is 10.9 Å². The molecular formula is C14H17ClO. The topological polar surface area (TPSA) is 17.1 Å². The number of rotatable bonds is 4. The van der Waals surface area contributed by atoms with Crippen LogP contribution in [-0.4, -0.2) is 6.29 Å². The number of benzene rings is 1. The highest BCUT2D eigenvalue weighted by Gasteiger charge is 2.50. The average molecular weight is 237 g/mol. The van der Waals surface area contributed by atoms with Gasteiger partial charge in [-0.05, 0) is 41.9 Å². The van der Waals surface area contributed by atoms with Crippen molar-refractivity contribution in [1.29, 1.82) is 0 Å². The van der Waals surface area contributed by atoms with Crippen LogP contribution in [0.25, 0.3) is 0 Å². The zero-order valence-corrected chi connectivity index (χ0v) is 10.5. The predicted molar refractivity (Wildman–Crippen MR) is 66.8 cm³/mol. The number of aldehydes is 1. The minimum atomic E-state index is 0.169. The van der Waals surface area contributed by atoms with Crippen molar-refractivity contribution in [3.8, 4) is 0 Å². The lowest BCUT2D eigenvalue weighted by molar-refractivity contribution is -0.111. The quantitative estimate of drug-likeness (QED) is 0.721. The first-order valence-electron chi connectivity index (χ1n) is 5.76. The normalized spacial score (nSPS) is 29.8. The van der Waals surface area contributed by atoms with Crippen molar-refractivity contribution >= 4 is 17.9 Å². The van der Waals surface area contributed by atoms with E-state index in [1.165, 1.54) is 12.0 Å². The van der Waals surface area contributed by atoms with Gasteiger partial charge in [0.1, 0.15) is 6.29 Å². The standard InChI is InChI=1S/C14H17ClO/c1-10(9-16)7-14(2)8-13(14)11-3-5-12(15)6-4-11/h3-6,9-10,13H,7-8H2,1-2H3. The minimum absolute atomic E-state index is 0.169. The highest BCUT2D eigenvalue weighted by molar-refractivity contribution is 6.30. The molecule has 2 rings (SSSR count). The van der Waals surface area contributed by atoms with Gasteiger partial charge in [0.05, 0.1) is 0 Å². The summed E-state index contributed by atoms with van der Waals surface area (Å²) in [6.45, 7) is 4.27. The van der Waals surface area contributed by atoms with Crippen LogP contribution in [0.5, 0.6) is 0 Å². The van der Waals surface area contributed by atoms with Crippen molar-refractivity contribution in [1.82, 2.24) is 0 Å². The molecule has 0 radical (unpaired) electrons.